The summed E-state index contributed by atoms with van der Waals surface area (Å²) in [5, 5.41) is 6.23. The highest BCUT2D eigenvalue weighted by Crippen LogP contribution is 2.36. The zero-order chi connectivity index (χ0) is 25.5. The van der Waals surface area contributed by atoms with Gasteiger partial charge in [-0.05, 0) is 50.0 Å². The summed E-state index contributed by atoms with van der Waals surface area (Å²) in [7, 11) is 1.41. The topological polar surface area (TPSA) is 91.8 Å². The first-order valence-electron chi connectivity index (χ1n) is 9.47. The van der Waals surface area contributed by atoms with E-state index in [1.807, 2.05) is 0 Å². The second-order valence-corrected chi connectivity index (χ2v) is 6.88. The number of amides is 3. The molecule has 34 heavy (non-hydrogen) atoms. The summed E-state index contributed by atoms with van der Waals surface area (Å²) >= 11 is 5.54. The van der Waals surface area contributed by atoms with Crippen LogP contribution in [0, 0.1) is 5.82 Å². The minimum Gasteiger partial charge on any atom is -0.458 e. The van der Waals surface area contributed by atoms with Gasteiger partial charge in [0.15, 0.2) is 0 Å². The van der Waals surface area contributed by atoms with Gasteiger partial charge in [0.2, 0.25) is 0 Å². The number of likely N-dealkylation sites (N-methyl/N-ethyl adjacent to an activating group) is 1. The van der Waals surface area contributed by atoms with Crippen molar-refractivity contribution in [2.75, 3.05) is 17.7 Å². The van der Waals surface area contributed by atoms with Gasteiger partial charge >= 0.3 is 12.2 Å². The Morgan fingerprint density at radius 2 is 1.85 bits per heavy atom. The predicted molar refractivity (Wildman–Crippen MR) is 122 cm³/mol. The smallest absolute Gasteiger partial charge is 0.417 e. The maximum absolute atomic E-state index is 14.5. The van der Waals surface area contributed by atoms with Gasteiger partial charge in [-0.25, -0.2) is 9.18 Å². The van der Waals surface area contributed by atoms with E-state index in [2.05, 4.69) is 27.7 Å². The summed E-state index contributed by atoms with van der Waals surface area (Å²) in [4.78, 5) is 27.4. The maximum Gasteiger partial charge on any atom is 0.417 e. The lowest BCUT2D eigenvalue weighted by atomic mass is 10.2. The van der Waals surface area contributed by atoms with E-state index in [1.54, 1.807) is 6.92 Å². The van der Waals surface area contributed by atoms with E-state index >= 15 is 0 Å². The number of allylic oxidation sites excluding steroid dienone is 2. The average Bonchev–Trinajstić information content (AvgIpc) is 2.78. The number of halogens is 5. The van der Waals surface area contributed by atoms with Crippen molar-refractivity contribution < 1.29 is 31.9 Å². The molecule has 180 valence electrons. The van der Waals surface area contributed by atoms with Gasteiger partial charge < -0.3 is 20.7 Å². The van der Waals surface area contributed by atoms with E-state index in [4.69, 9.17) is 16.3 Å². The lowest BCUT2D eigenvalue weighted by molar-refractivity contribution is -0.137. The molecule has 0 unspecified atom stereocenters. The number of carbonyl (C=O) groups is 2. The molecule has 0 spiro atoms. The maximum atomic E-state index is 14.5. The Balaban J connectivity index is 2.12. The number of rotatable bonds is 7. The number of aliphatic imine (C=N–C) groups is 1. The highest BCUT2D eigenvalue weighted by molar-refractivity contribution is 6.31. The fourth-order valence-corrected chi connectivity index (χ4v) is 2.74. The molecule has 0 aromatic heterocycles. The number of nitrogens with zero attached hydrogens (tertiary/aromatic N) is 1. The van der Waals surface area contributed by atoms with Crippen molar-refractivity contribution in [1.29, 1.82) is 0 Å². The van der Waals surface area contributed by atoms with Crippen LogP contribution in [0.1, 0.15) is 12.5 Å². The fourth-order valence-electron chi connectivity index (χ4n) is 2.52. The summed E-state index contributed by atoms with van der Waals surface area (Å²) in [5.41, 5.74) is -1.60. The molecule has 0 saturated heterocycles. The van der Waals surface area contributed by atoms with Crippen LogP contribution < -0.4 is 20.7 Å². The summed E-state index contributed by atoms with van der Waals surface area (Å²) in [5.74, 6) is -1.17. The quantitative estimate of drug-likeness (QED) is 0.149. The Kier molecular flexibility index (Phi) is 8.79. The number of hydrogen-bond donors (Lipinski definition) is 3. The van der Waals surface area contributed by atoms with Gasteiger partial charge in [0.25, 0.3) is 5.91 Å². The Bertz CT molecular complexity index is 1160. The minimum absolute atomic E-state index is 0.0260. The largest absolute Gasteiger partial charge is 0.458 e. The summed E-state index contributed by atoms with van der Waals surface area (Å²) in [6.07, 6.45) is -1.91. The van der Waals surface area contributed by atoms with Crippen molar-refractivity contribution >= 4 is 41.6 Å². The van der Waals surface area contributed by atoms with Crippen LogP contribution in [0.3, 0.4) is 0 Å². The minimum atomic E-state index is -4.71. The van der Waals surface area contributed by atoms with Gasteiger partial charge in [-0.3, -0.25) is 9.79 Å². The number of anilines is 2. The standard InChI is InChI=1S/C22H19ClF4N4O3/c1-4-13(11-19(28-2)20(32)29-3)34-14-6-8-18(17(24)10-14)31-21(33)30-12-5-7-16(23)15(9-12)22(25,26)27/h4-11H,2H2,1,3H3,(H,29,32)(H2,30,31,33)/b13-4+,19-11-. The molecule has 0 fully saturated rings. The number of alkyl halides is 3. The molecule has 0 atom stereocenters. The lowest BCUT2D eigenvalue weighted by Crippen LogP contribution is -2.20. The van der Waals surface area contributed by atoms with Gasteiger partial charge in [0, 0.05) is 24.9 Å². The molecule has 7 nitrogen and oxygen atoms in total. The third kappa shape index (κ3) is 7.07. The van der Waals surface area contributed by atoms with Gasteiger partial charge in [0.1, 0.15) is 23.0 Å². The molecular weight excluding hydrogens is 480 g/mol. The van der Waals surface area contributed by atoms with Crippen LogP contribution in [0.15, 0.2) is 65.0 Å². The van der Waals surface area contributed by atoms with E-state index in [9.17, 15) is 27.2 Å². The van der Waals surface area contributed by atoms with Crippen molar-refractivity contribution in [1.82, 2.24) is 5.32 Å². The first kappa shape index (κ1) is 26.4. The second kappa shape index (κ2) is 11.3. The van der Waals surface area contributed by atoms with E-state index in [-0.39, 0.29) is 28.6 Å². The molecule has 0 heterocycles. The molecule has 0 aliphatic heterocycles. The van der Waals surface area contributed by atoms with Crippen LogP contribution in [0.4, 0.5) is 33.7 Å². The monoisotopic (exact) mass is 498 g/mol. The number of carbonyl (C=O) groups excluding carboxylic acids is 2. The van der Waals surface area contributed by atoms with Gasteiger partial charge in [-0.1, -0.05) is 11.6 Å². The molecule has 0 bridgehead atoms. The van der Waals surface area contributed by atoms with Crippen molar-refractivity contribution in [2.45, 2.75) is 13.1 Å². The molecule has 3 N–H and O–H groups in total. The molecule has 3 amide bonds. The Morgan fingerprint density at radius 3 is 2.41 bits per heavy atom. The van der Waals surface area contributed by atoms with E-state index in [0.717, 1.165) is 12.1 Å². The molecule has 2 rings (SSSR count). The normalized spacial score (nSPS) is 12.1. The van der Waals surface area contributed by atoms with Crippen LogP contribution in [-0.2, 0) is 11.0 Å². The number of urea groups is 1. The molecule has 0 aliphatic rings. The van der Waals surface area contributed by atoms with Crippen molar-refractivity contribution in [3.63, 3.8) is 0 Å². The molecule has 2 aromatic rings. The number of ether oxygens (including phenoxy) is 1. The zero-order valence-corrected chi connectivity index (χ0v) is 18.6. The summed E-state index contributed by atoms with van der Waals surface area (Å²) < 4.78 is 58.9. The van der Waals surface area contributed by atoms with Crippen molar-refractivity contribution in [3.05, 3.63) is 76.4 Å². The molecule has 12 heteroatoms. The summed E-state index contributed by atoms with van der Waals surface area (Å²) in [6, 6.07) is 5.33. The molecule has 0 saturated carbocycles. The first-order chi connectivity index (χ1) is 16.0. The highest BCUT2D eigenvalue weighted by atomic mass is 35.5. The second-order valence-electron chi connectivity index (χ2n) is 6.47. The third-order valence-corrected chi connectivity index (χ3v) is 4.48. The average molecular weight is 499 g/mol. The van der Waals surface area contributed by atoms with Crippen LogP contribution >= 0.6 is 11.6 Å². The SMILES string of the molecule is C=N/C(=C\C(=C/C)Oc1ccc(NC(=O)Nc2ccc(Cl)c(C(F)(F)F)c2)c(F)c1)C(=O)NC. The van der Waals surface area contributed by atoms with Crippen molar-refractivity contribution in [3.8, 4) is 5.75 Å². The molecule has 2 aromatic carbocycles. The molecule has 0 aliphatic carbocycles. The lowest BCUT2D eigenvalue weighted by Gasteiger charge is -2.13. The Labute approximate surface area is 197 Å². The van der Waals surface area contributed by atoms with Crippen LogP contribution in [0.5, 0.6) is 5.75 Å². The van der Waals surface area contributed by atoms with Crippen LogP contribution in [-0.4, -0.2) is 25.7 Å². The zero-order valence-electron chi connectivity index (χ0n) is 17.9. The van der Waals surface area contributed by atoms with Gasteiger partial charge in [-0.2, -0.15) is 13.2 Å². The number of benzene rings is 2. The number of nitrogens with one attached hydrogen (secondary N) is 3. The van der Waals surface area contributed by atoms with Gasteiger partial charge in [-0.15, -0.1) is 0 Å². The Morgan fingerprint density at radius 1 is 1.15 bits per heavy atom. The van der Waals surface area contributed by atoms with Crippen LogP contribution in [0.2, 0.25) is 5.02 Å². The number of hydrogen-bond acceptors (Lipinski definition) is 4. The van der Waals surface area contributed by atoms with Crippen LogP contribution in [0.25, 0.3) is 0 Å². The van der Waals surface area contributed by atoms with E-state index in [0.29, 0.717) is 6.07 Å². The van der Waals surface area contributed by atoms with Crippen molar-refractivity contribution in [2.24, 2.45) is 4.99 Å². The molecular formula is C22H19ClF4N4O3. The first-order valence-corrected chi connectivity index (χ1v) is 9.85. The van der Waals surface area contributed by atoms with E-state index < -0.39 is 34.5 Å². The van der Waals surface area contributed by atoms with Gasteiger partial charge in [0.05, 0.1) is 16.3 Å². The third-order valence-electron chi connectivity index (χ3n) is 4.15. The molecule has 0 radical (unpaired) electrons. The highest BCUT2D eigenvalue weighted by Gasteiger charge is 2.33. The Hall–Kier alpha value is -3.86. The fraction of sp³-hybridized carbons (Fsp3) is 0.136. The van der Waals surface area contributed by atoms with E-state index in [1.165, 1.54) is 37.4 Å². The summed E-state index contributed by atoms with van der Waals surface area (Å²) in [6.45, 7) is 4.92. The predicted octanol–water partition coefficient (Wildman–Crippen LogP) is 5.76.